The molecular formula is C23H24ClFN8O3S. The summed E-state index contributed by atoms with van der Waals surface area (Å²) in [5, 5.41) is 9.73. The van der Waals surface area contributed by atoms with E-state index < -0.39 is 15.8 Å². The van der Waals surface area contributed by atoms with Gasteiger partial charge in [0.15, 0.2) is 16.4 Å². The Balaban J connectivity index is 1.80. The van der Waals surface area contributed by atoms with Crippen molar-refractivity contribution in [3.05, 3.63) is 53.6 Å². The zero-order valence-corrected chi connectivity index (χ0v) is 21.7. The number of nitrogens with one attached hydrogen (secondary N) is 4. The van der Waals surface area contributed by atoms with Crippen molar-refractivity contribution < 1.29 is 17.5 Å². The lowest BCUT2D eigenvalue weighted by Crippen LogP contribution is -2.19. The lowest BCUT2D eigenvalue weighted by molar-refractivity contribution is 0.385. The highest BCUT2D eigenvalue weighted by molar-refractivity contribution is 7.92. The average Bonchev–Trinajstić information content (AvgIpc) is 2.89. The maximum Gasteiger partial charge on any atom is 0.267 e. The number of ether oxygens (including phenoxy) is 1. The summed E-state index contributed by atoms with van der Waals surface area (Å²) in [5.41, 5.74) is 0.663. The summed E-state index contributed by atoms with van der Waals surface area (Å²) in [6, 6.07) is 7.25. The Hall–Kier alpha value is -3.81. The highest BCUT2D eigenvalue weighted by atomic mass is 35.5. The number of hydrogen-bond acceptors (Lipinski definition) is 10. The van der Waals surface area contributed by atoms with Gasteiger partial charge in [0, 0.05) is 49.0 Å². The maximum atomic E-state index is 15.8. The lowest BCUT2D eigenvalue weighted by atomic mass is 10.0. The van der Waals surface area contributed by atoms with Crippen LogP contribution in [0.5, 0.6) is 5.88 Å². The van der Waals surface area contributed by atoms with Crippen LogP contribution < -0.4 is 25.4 Å². The van der Waals surface area contributed by atoms with Gasteiger partial charge in [0.05, 0.1) is 17.8 Å². The van der Waals surface area contributed by atoms with Crippen LogP contribution in [0.3, 0.4) is 0 Å². The van der Waals surface area contributed by atoms with Crippen molar-refractivity contribution in [2.45, 2.75) is 4.90 Å². The first-order chi connectivity index (χ1) is 17.8. The van der Waals surface area contributed by atoms with E-state index in [9.17, 15) is 8.42 Å². The summed E-state index contributed by atoms with van der Waals surface area (Å²) in [5.74, 6) is -0.208. The first-order valence-electron chi connectivity index (χ1n) is 11.0. The molecule has 0 atom stereocenters. The Morgan fingerprint density at radius 2 is 1.86 bits per heavy atom. The first-order valence-corrected chi connectivity index (χ1v) is 12.9. The minimum absolute atomic E-state index is 0.0820. The molecule has 14 heteroatoms. The Kier molecular flexibility index (Phi) is 7.86. The summed E-state index contributed by atoms with van der Waals surface area (Å²) in [6.07, 6.45) is 2.82. The Bertz CT molecular complexity index is 1560. The van der Waals surface area contributed by atoms with E-state index in [1.165, 1.54) is 37.6 Å². The molecule has 0 aliphatic heterocycles. The number of likely N-dealkylation sites (N-methyl/N-ethyl adjacent to an activating group) is 1. The molecule has 4 N–H and O–H groups in total. The molecule has 194 valence electrons. The molecular weight excluding hydrogens is 523 g/mol. The fraction of sp³-hybridized carbons (Fsp3) is 0.217. The number of sulfonamides is 1. The molecule has 0 bridgehead atoms. The van der Waals surface area contributed by atoms with Gasteiger partial charge < -0.3 is 20.7 Å². The van der Waals surface area contributed by atoms with Gasteiger partial charge in [-0.15, -0.1) is 0 Å². The van der Waals surface area contributed by atoms with Gasteiger partial charge >= 0.3 is 0 Å². The van der Waals surface area contributed by atoms with Crippen LogP contribution in [-0.2, 0) is 10.0 Å². The van der Waals surface area contributed by atoms with E-state index in [0.29, 0.717) is 41.5 Å². The third-order valence-electron chi connectivity index (χ3n) is 5.26. The van der Waals surface area contributed by atoms with E-state index in [2.05, 4.69) is 40.6 Å². The molecule has 0 unspecified atom stereocenters. The van der Waals surface area contributed by atoms with Gasteiger partial charge in [-0.25, -0.2) is 27.8 Å². The molecule has 0 aliphatic rings. The molecule has 0 spiro atoms. The molecule has 37 heavy (non-hydrogen) atoms. The summed E-state index contributed by atoms with van der Waals surface area (Å²) < 4.78 is 49.4. The van der Waals surface area contributed by atoms with E-state index in [1.54, 1.807) is 19.3 Å². The van der Waals surface area contributed by atoms with Gasteiger partial charge in [0.2, 0.25) is 11.8 Å². The maximum absolute atomic E-state index is 15.8. The van der Waals surface area contributed by atoms with Crippen molar-refractivity contribution in [1.82, 2.24) is 25.3 Å². The molecule has 0 fully saturated rings. The quantitative estimate of drug-likeness (QED) is 0.219. The number of hydrogen-bond donors (Lipinski definition) is 4. The molecule has 0 amide bonds. The third-order valence-corrected chi connectivity index (χ3v) is 6.83. The summed E-state index contributed by atoms with van der Waals surface area (Å²) in [6.45, 7) is 1.13. The van der Waals surface area contributed by atoms with Crippen molar-refractivity contribution in [3.63, 3.8) is 0 Å². The monoisotopic (exact) mass is 546 g/mol. The second-order valence-corrected chi connectivity index (χ2v) is 9.79. The first kappa shape index (κ1) is 26.3. The summed E-state index contributed by atoms with van der Waals surface area (Å²) >= 11 is 5.94. The SMILES string of the molecule is CNCCNc1nc2nc(NC)ncc2cc1-c1cccc(NS(=O)(=O)c2cc(Cl)cnc2OC)c1F. The fourth-order valence-electron chi connectivity index (χ4n) is 3.50. The van der Waals surface area contributed by atoms with Gasteiger partial charge in [0.25, 0.3) is 10.0 Å². The molecule has 0 radical (unpaired) electrons. The van der Waals surface area contributed by atoms with Crippen molar-refractivity contribution >= 4 is 50.1 Å². The number of methoxy groups -OCH3 is 1. The summed E-state index contributed by atoms with van der Waals surface area (Å²) in [4.78, 5) is 16.7. The third kappa shape index (κ3) is 5.63. The topological polar surface area (TPSA) is 143 Å². The number of nitrogens with zero attached hydrogens (tertiary/aromatic N) is 4. The van der Waals surface area contributed by atoms with Gasteiger partial charge in [-0.1, -0.05) is 23.7 Å². The largest absolute Gasteiger partial charge is 0.480 e. The van der Waals surface area contributed by atoms with Crippen LogP contribution in [0.15, 0.2) is 47.6 Å². The predicted molar refractivity (Wildman–Crippen MR) is 141 cm³/mol. The van der Waals surface area contributed by atoms with Crippen molar-refractivity contribution in [2.24, 2.45) is 0 Å². The van der Waals surface area contributed by atoms with Crippen LogP contribution in [0.4, 0.5) is 21.8 Å². The van der Waals surface area contributed by atoms with Crippen LogP contribution in [0.2, 0.25) is 5.02 Å². The Labute approximate surface area is 217 Å². The number of anilines is 3. The number of aromatic nitrogens is 4. The number of fused-ring (bicyclic) bond motifs is 1. The normalized spacial score (nSPS) is 11.4. The van der Waals surface area contributed by atoms with E-state index in [1.807, 2.05) is 7.05 Å². The smallest absolute Gasteiger partial charge is 0.267 e. The number of rotatable bonds is 10. The van der Waals surface area contributed by atoms with Gasteiger partial charge in [-0.2, -0.15) is 4.98 Å². The molecule has 3 heterocycles. The zero-order chi connectivity index (χ0) is 26.6. The molecule has 11 nitrogen and oxygen atoms in total. The van der Waals surface area contributed by atoms with Gasteiger partial charge in [0.1, 0.15) is 5.82 Å². The number of pyridine rings is 2. The summed E-state index contributed by atoms with van der Waals surface area (Å²) in [7, 11) is 0.475. The molecule has 0 saturated heterocycles. The van der Waals surface area contributed by atoms with E-state index in [-0.39, 0.29) is 27.0 Å². The second-order valence-electron chi connectivity index (χ2n) is 7.70. The van der Waals surface area contributed by atoms with Crippen molar-refractivity contribution in [2.75, 3.05) is 49.7 Å². The predicted octanol–water partition coefficient (Wildman–Crippen LogP) is 3.36. The standard InChI is InChI=1S/C23H24ClFN8O3S/c1-26-7-8-28-21-16(9-13-11-30-23(27-2)32-20(13)31-21)15-5-4-6-17(19(15)25)33-37(34,35)18-10-14(24)12-29-22(18)36-3/h4-6,9-12,26,33H,7-8H2,1-3H3,(H2,27,28,30,31,32). The van der Waals surface area contributed by atoms with Crippen LogP contribution in [0.1, 0.15) is 0 Å². The van der Waals surface area contributed by atoms with Crippen molar-refractivity contribution in [3.8, 4) is 17.0 Å². The Morgan fingerprint density at radius 1 is 1.05 bits per heavy atom. The van der Waals surface area contributed by atoms with Crippen LogP contribution >= 0.6 is 11.6 Å². The lowest BCUT2D eigenvalue weighted by Gasteiger charge is -2.16. The highest BCUT2D eigenvalue weighted by Gasteiger charge is 2.24. The Morgan fingerprint density at radius 3 is 2.59 bits per heavy atom. The molecule has 1 aromatic carbocycles. The number of halogens is 2. The fourth-order valence-corrected chi connectivity index (χ4v) is 4.93. The van der Waals surface area contributed by atoms with E-state index in [4.69, 9.17) is 16.3 Å². The molecule has 3 aromatic heterocycles. The zero-order valence-electron chi connectivity index (χ0n) is 20.1. The van der Waals surface area contributed by atoms with E-state index in [0.717, 1.165) is 0 Å². The average molecular weight is 547 g/mol. The van der Waals surface area contributed by atoms with Gasteiger partial charge in [-0.3, -0.25) is 4.72 Å². The molecule has 0 aliphatic carbocycles. The van der Waals surface area contributed by atoms with Crippen LogP contribution in [0, 0.1) is 5.82 Å². The van der Waals surface area contributed by atoms with Crippen LogP contribution in [-0.4, -0.2) is 62.6 Å². The molecule has 4 rings (SSSR count). The minimum Gasteiger partial charge on any atom is -0.480 e. The molecule has 4 aromatic rings. The minimum atomic E-state index is -4.30. The number of benzene rings is 1. The van der Waals surface area contributed by atoms with Gasteiger partial charge in [-0.05, 0) is 25.2 Å². The van der Waals surface area contributed by atoms with Crippen LogP contribution in [0.25, 0.3) is 22.2 Å². The molecule has 0 saturated carbocycles. The highest BCUT2D eigenvalue weighted by Crippen LogP contribution is 2.35. The second kappa shape index (κ2) is 11.1. The van der Waals surface area contributed by atoms with E-state index >= 15 is 4.39 Å². The van der Waals surface area contributed by atoms with Crippen molar-refractivity contribution in [1.29, 1.82) is 0 Å².